The second-order valence-corrected chi connectivity index (χ2v) is 9.93. The molecule has 2 aliphatic heterocycles. The fourth-order valence-electron chi connectivity index (χ4n) is 5.27. The summed E-state index contributed by atoms with van der Waals surface area (Å²) in [6, 6.07) is 10.4. The van der Waals surface area contributed by atoms with Crippen LogP contribution in [0.1, 0.15) is 41.7 Å². The van der Waals surface area contributed by atoms with Crippen LogP contribution in [0.3, 0.4) is 0 Å². The number of rotatable bonds is 5. The molecule has 28 heavy (non-hydrogen) atoms. The van der Waals surface area contributed by atoms with E-state index in [1.807, 2.05) is 11.3 Å². The zero-order valence-corrected chi connectivity index (χ0v) is 17.8. The highest BCUT2D eigenvalue weighted by Gasteiger charge is 2.31. The Balaban J connectivity index is 1.18. The number of benzene rings is 1. The van der Waals surface area contributed by atoms with Crippen molar-refractivity contribution in [1.29, 1.82) is 0 Å². The van der Waals surface area contributed by atoms with Crippen molar-refractivity contribution in [1.82, 2.24) is 14.8 Å². The second kappa shape index (κ2) is 8.13. The van der Waals surface area contributed by atoms with Crippen molar-refractivity contribution in [2.45, 2.75) is 57.2 Å². The zero-order chi connectivity index (χ0) is 18.9. The van der Waals surface area contributed by atoms with E-state index in [1.165, 1.54) is 74.7 Å². The highest BCUT2D eigenvalue weighted by molar-refractivity contribution is 7.15. The molecule has 2 saturated heterocycles. The number of thiazole rings is 1. The third kappa shape index (κ3) is 3.85. The van der Waals surface area contributed by atoms with E-state index in [9.17, 15) is 0 Å². The Hall–Kier alpha value is -1.43. The van der Waals surface area contributed by atoms with Crippen LogP contribution < -0.4 is 4.90 Å². The predicted molar refractivity (Wildman–Crippen MR) is 117 cm³/mol. The lowest BCUT2D eigenvalue weighted by Gasteiger charge is -2.40. The van der Waals surface area contributed by atoms with Crippen LogP contribution in [0.4, 0.5) is 5.13 Å². The van der Waals surface area contributed by atoms with E-state index in [0.717, 1.165) is 6.54 Å². The minimum absolute atomic E-state index is 0.662. The molecule has 5 heteroatoms. The van der Waals surface area contributed by atoms with Crippen LogP contribution in [0.5, 0.6) is 0 Å². The Labute approximate surface area is 173 Å². The number of likely N-dealkylation sites (N-methyl/N-ethyl adjacent to an activating group) is 1. The predicted octanol–water partition coefficient (Wildman–Crippen LogP) is 3.81. The third-order valence-corrected chi connectivity index (χ3v) is 7.96. The van der Waals surface area contributed by atoms with Crippen molar-refractivity contribution in [3.05, 3.63) is 46.5 Å². The third-order valence-electron chi connectivity index (χ3n) is 6.92. The summed E-state index contributed by atoms with van der Waals surface area (Å²) in [5, 5.41) is 1.23. The number of hydrogen-bond donors (Lipinski definition) is 0. The Morgan fingerprint density at radius 1 is 1.07 bits per heavy atom. The Kier molecular flexibility index (Phi) is 5.40. The molecule has 5 rings (SSSR count). The largest absolute Gasteiger partial charge is 0.348 e. The molecule has 1 aliphatic carbocycles. The van der Waals surface area contributed by atoms with Crippen molar-refractivity contribution >= 4 is 16.5 Å². The number of aromatic nitrogens is 1. The summed E-state index contributed by atoms with van der Waals surface area (Å²) in [6.07, 6.45) is 9.87. The van der Waals surface area contributed by atoms with Crippen molar-refractivity contribution in [2.75, 3.05) is 38.1 Å². The first-order chi connectivity index (χ1) is 13.8. The molecule has 2 aromatic rings. The normalized spacial score (nSPS) is 23.6. The quantitative estimate of drug-likeness (QED) is 0.766. The maximum absolute atomic E-state index is 4.70. The monoisotopic (exact) mass is 396 g/mol. The van der Waals surface area contributed by atoms with Gasteiger partial charge in [-0.1, -0.05) is 24.3 Å². The second-order valence-electron chi connectivity index (χ2n) is 8.84. The Morgan fingerprint density at radius 2 is 1.82 bits per heavy atom. The van der Waals surface area contributed by atoms with Crippen LogP contribution in [0.2, 0.25) is 0 Å². The van der Waals surface area contributed by atoms with Gasteiger partial charge in [0, 0.05) is 49.3 Å². The van der Waals surface area contributed by atoms with E-state index in [1.54, 1.807) is 11.1 Å². The molecule has 3 aliphatic rings. The molecule has 0 N–H and O–H groups in total. The van der Waals surface area contributed by atoms with Crippen molar-refractivity contribution in [3.8, 4) is 0 Å². The van der Waals surface area contributed by atoms with Gasteiger partial charge in [-0.15, -0.1) is 11.3 Å². The van der Waals surface area contributed by atoms with Gasteiger partial charge < -0.3 is 4.90 Å². The molecule has 3 heterocycles. The first-order valence-corrected chi connectivity index (χ1v) is 11.8. The topological polar surface area (TPSA) is 22.6 Å². The molecule has 1 atom stereocenters. The van der Waals surface area contributed by atoms with Crippen LogP contribution in [-0.2, 0) is 19.4 Å². The van der Waals surface area contributed by atoms with Gasteiger partial charge in [0.25, 0.3) is 0 Å². The molecule has 0 saturated carbocycles. The summed E-state index contributed by atoms with van der Waals surface area (Å²) in [6.45, 7) is 5.89. The minimum atomic E-state index is 0.662. The van der Waals surface area contributed by atoms with Gasteiger partial charge in [-0.05, 0) is 63.2 Å². The average Bonchev–Trinajstić information content (AvgIpc) is 3.47. The van der Waals surface area contributed by atoms with E-state index >= 15 is 0 Å². The van der Waals surface area contributed by atoms with Crippen molar-refractivity contribution < 1.29 is 0 Å². The number of piperidine rings is 1. The molecule has 0 radical (unpaired) electrons. The molecule has 1 aromatic carbocycles. The SMILES string of the molecule is CN(Cc1cnc(N2CCCC2)s1)[C@H]1CCCN(C2Cc3ccccc3C2)C1. The Bertz CT molecular complexity index is 772. The number of likely N-dealkylation sites (tertiary alicyclic amines) is 1. The lowest BCUT2D eigenvalue weighted by atomic mass is 10.0. The minimum Gasteiger partial charge on any atom is -0.348 e. The van der Waals surface area contributed by atoms with Crippen LogP contribution in [0.15, 0.2) is 30.5 Å². The van der Waals surface area contributed by atoms with Crippen molar-refractivity contribution in [3.63, 3.8) is 0 Å². The van der Waals surface area contributed by atoms with Gasteiger partial charge in [0.2, 0.25) is 0 Å². The molecular weight excluding hydrogens is 364 g/mol. The summed E-state index contributed by atoms with van der Waals surface area (Å²) in [5.41, 5.74) is 3.14. The van der Waals surface area contributed by atoms with Gasteiger partial charge in [-0.3, -0.25) is 9.80 Å². The maximum Gasteiger partial charge on any atom is 0.185 e. The molecule has 2 fully saturated rings. The number of nitrogens with zero attached hydrogens (tertiary/aromatic N) is 4. The molecule has 0 unspecified atom stereocenters. The highest BCUT2D eigenvalue weighted by atomic mass is 32.1. The molecule has 150 valence electrons. The molecule has 0 amide bonds. The van der Waals surface area contributed by atoms with Gasteiger partial charge in [0.05, 0.1) is 0 Å². The van der Waals surface area contributed by atoms with E-state index < -0.39 is 0 Å². The lowest BCUT2D eigenvalue weighted by Crippen LogP contribution is -2.50. The van der Waals surface area contributed by atoms with Gasteiger partial charge in [-0.25, -0.2) is 4.98 Å². The summed E-state index contributed by atoms with van der Waals surface area (Å²) in [5.74, 6) is 0. The van der Waals surface area contributed by atoms with Gasteiger partial charge >= 0.3 is 0 Å². The van der Waals surface area contributed by atoms with Gasteiger partial charge in [0.1, 0.15) is 0 Å². The summed E-state index contributed by atoms with van der Waals surface area (Å²) >= 11 is 1.90. The summed E-state index contributed by atoms with van der Waals surface area (Å²) in [4.78, 5) is 13.9. The van der Waals surface area contributed by atoms with Gasteiger partial charge in [-0.2, -0.15) is 0 Å². The molecule has 1 aromatic heterocycles. The first kappa shape index (κ1) is 18.6. The maximum atomic E-state index is 4.70. The van der Waals surface area contributed by atoms with Crippen LogP contribution in [0, 0.1) is 0 Å². The van der Waals surface area contributed by atoms with Crippen LogP contribution in [0.25, 0.3) is 0 Å². The van der Waals surface area contributed by atoms with E-state index in [0.29, 0.717) is 12.1 Å². The molecular formula is C23H32N4S. The molecule has 0 bridgehead atoms. The Morgan fingerprint density at radius 3 is 2.57 bits per heavy atom. The van der Waals surface area contributed by atoms with E-state index in [4.69, 9.17) is 4.98 Å². The summed E-state index contributed by atoms with van der Waals surface area (Å²) in [7, 11) is 2.31. The molecule has 4 nitrogen and oxygen atoms in total. The van der Waals surface area contributed by atoms with E-state index in [-0.39, 0.29) is 0 Å². The lowest BCUT2D eigenvalue weighted by molar-refractivity contribution is 0.0840. The smallest absolute Gasteiger partial charge is 0.185 e. The standard InChI is InChI=1S/C23H32N4S/c1-25(17-22-15-24-23(28-22)26-10-4-5-11-26)20-9-6-12-27(16-20)21-13-18-7-2-3-8-19(18)14-21/h2-3,7-8,15,20-21H,4-6,9-14,16-17H2,1H3/t20-/m0/s1. The fourth-order valence-corrected chi connectivity index (χ4v) is 6.29. The number of anilines is 1. The van der Waals surface area contributed by atoms with Crippen LogP contribution in [-0.4, -0.2) is 60.1 Å². The van der Waals surface area contributed by atoms with Crippen LogP contribution >= 0.6 is 11.3 Å². The fraction of sp³-hybridized carbons (Fsp3) is 0.609. The number of hydrogen-bond acceptors (Lipinski definition) is 5. The van der Waals surface area contributed by atoms with Gasteiger partial charge in [0.15, 0.2) is 5.13 Å². The zero-order valence-electron chi connectivity index (χ0n) is 17.0. The number of fused-ring (bicyclic) bond motifs is 1. The van der Waals surface area contributed by atoms with Crippen molar-refractivity contribution in [2.24, 2.45) is 0 Å². The summed E-state index contributed by atoms with van der Waals surface area (Å²) < 4.78 is 0. The average molecular weight is 397 g/mol. The molecule has 0 spiro atoms. The first-order valence-electron chi connectivity index (χ1n) is 11.0. The highest BCUT2D eigenvalue weighted by Crippen LogP contribution is 2.30. The van der Waals surface area contributed by atoms with E-state index in [2.05, 4.69) is 52.2 Å².